The SMILES string of the molecule is COc1ccc([C@@H]2CCCCNC2)cc1OC. The molecule has 1 fully saturated rings. The lowest BCUT2D eigenvalue weighted by Crippen LogP contribution is -2.19. The van der Waals surface area contributed by atoms with E-state index in [1.165, 1.54) is 24.8 Å². The number of hydrogen-bond acceptors (Lipinski definition) is 3. The van der Waals surface area contributed by atoms with Crippen molar-refractivity contribution in [2.24, 2.45) is 0 Å². The van der Waals surface area contributed by atoms with Crippen LogP contribution in [0.5, 0.6) is 11.5 Å². The second-order valence-electron chi connectivity index (χ2n) is 4.51. The van der Waals surface area contributed by atoms with Crippen LogP contribution in [0.1, 0.15) is 30.7 Å². The third kappa shape index (κ3) is 2.91. The van der Waals surface area contributed by atoms with Crippen LogP contribution in [0.15, 0.2) is 18.2 Å². The van der Waals surface area contributed by atoms with Crippen molar-refractivity contribution in [2.45, 2.75) is 25.2 Å². The molecule has 0 unspecified atom stereocenters. The molecule has 3 nitrogen and oxygen atoms in total. The third-order valence-corrected chi connectivity index (χ3v) is 3.43. The summed E-state index contributed by atoms with van der Waals surface area (Å²) in [4.78, 5) is 0. The lowest BCUT2D eigenvalue weighted by molar-refractivity contribution is 0.354. The Morgan fingerprint density at radius 3 is 2.71 bits per heavy atom. The highest BCUT2D eigenvalue weighted by Gasteiger charge is 2.15. The highest BCUT2D eigenvalue weighted by Crippen LogP contribution is 2.32. The zero-order valence-electron chi connectivity index (χ0n) is 10.7. The van der Waals surface area contributed by atoms with Crippen molar-refractivity contribution in [3.63, 3.8) is 0 Å². The summed E-state index contributed by atoms with van der Waals surface area (Å²) in [6.45, 7) is 2.21. The molecule has 0 saturated carbocycles. The predicted octanol–water partition coefficient (Wildman–Crippen LogP) is 2.56. The van der Waals surface area contributed by atoms with Gasteiger partial charge in [0.2, 0.25) is 0 Å². The van der Waals surface area contributed by atoms with Crippen molar-refractivity contribution in [3.05, 3.63) is 23.8 Å². The van der Waals surface area contributed by atoms with Crippen molar-refractivity contribution in [1.29, 1.82) is 0 Å². The number of benzene rings is 1. The number of ether oxygens (including phenoxy) is 2. The van der Waals surface area contributed by atoms with Gasteiger partial charge in [0.1, 0.15) is 0 Å². The van der Waals surface area contributed by atoms with Gasteiger partial charge in [-0.25, -0.2) is 0 Å². The molecule has 1 saturated heterocycles. The maximum absolute atomic E-state index is 5.35. The molecule has 1 N–H and O–H groups in total. The first-order valence-electron chi connectivity index (χ1n) is 6.28. The zero-order chi connectivity index (χ0) is 12.1. The molecule has 0 bridgehead atoms. The van der Waals surface area contributed by atoms with Gasteiger partial charge >= 0.3 is 0 Å². The van der Waals surface area contributed by atoms with E-state index in [4.69, 9.17) is 9.47 Å². The van der Waals surface area contributed by atoms with Crippen LogP contribution in [0.2, 0.25) is 0 Å². The van der Waals surface area contributed by atoms with Crippen LogP contribution in [-0.2, 0) is 0 Å². The van der Waals surface area contributed by atoms with E-state index < -0.39 is 0 Å². The number of hydrogen-bond donors (Lipinski definition) is 1. The average molecular weight is 235 g/mol. The van der Waals surface area contributed by atoms with E-state index in [1.54, 1.807) is 14.2 Å². The predicted molar refractivity (Wildman–Crippen MR) is 69.0 cm³/mol. The molecule has 0 aromatic heterocycles. The van der Waals surface area contributed by atoms with Crippen molar-refractivity contribution in [3.8, 4) is 11.5 Å². The van der Waals surface area contributed by atoms with Gasteiger partial charge in [-0.2, -0.15) is 0 Å². The Morgan fingerprint density at radius 2 is 1.94 bits per heavy atom. The normalized spacial score (nSPS) is 20.7. The molecule has 1 aliphatic rings. The maximum atomic E-state index is 5.35. The van der Waals surface area contributed by atoms with Crippen molar-refractivity contribution < 1.29 is 9.47 Å². The fourth-order valence-electron chi connectivity index (χ4n) is 2.41. The quantitative estimate of drug-likeness (QED) is 0.873. The van der Waals surface area contributed by atoms with Gasteiger partial charge < -0.3 is 14.8 Å². The van der Waals surface area contributed by atoms with Crippen molar-refractivity contribution >= 4 is 0 Å². The van der Waals surface area contributed by atoms with E-state index in [1.807, 2.05) is 6.07 Å². The minimum absolute atomic E-state index is 0.595. The van der Waals surface area contributed by atoms with Crippen LogP contribution < -0.4 is 14.8 Å². The standard InChI is InChI=1S/C14H21NO2/c1-16-13-7-6-11(9-14(13)17-2)12-5-3-4-8-15-10-12/h6-7,9,12,15H,3-5,8,10H2,1-2H3/t12-/m1/s1. The molecular weight excluding hydrogens is 214 g/mol. The van der Waals surface area contributed by atoms with Gasteiger partial charge in [-0.05, 0) is 43.0 Å². The van der Waals surface area contributed by atoms with Crippen LogP contribution in [0.3, 0.4) is 0 Å². The maximum Gasteiger partial charge on any atom is 0.160 e. The van der Waals surface area contributed by atoms with Crippen LogP contribution in [0, 0.1) is 0 Å². The molecule has 0 spiro atoms. The Morgan fingerprint density at radius 1 is 1.12 bits per heavy atom. The van der Waals surface area contributed by atoms with Crippen LogP contribution in [-0.4, -0.2) is 27.3 Å². The minimum Gasteiger partial charge on any atom is -0.493 e. The van der Waals surface area contributed by atoms with Gasteiger partial charge in [0.15, 0.2) is 11.5 Å². The minimum atomic E-state index is 0.595. The van der Waals surface area contributed by atoms with E-state index >= 15 is 0 Å². The molecule has 0 aliphatic carbocycles. The largest absolute Gasteiger partial charge is 0.493 e. The molecular formula is C14H21NO2. The monoisotopic (exact) mass is 235 g/mol. The Kier molecular flexibility index (Phi) is 4.26. The van der Waals surface area contributed by atoms with Crippen LogP contribution >= 0.6 is 0 Å². The average Bonchev–Trinajstić information content (AvgIpc) is 2.66. The lowest BCUT2D eigenvalue weighted by Gasteiger charge is -2.17. The van der Waals surface area contributed by atoms with Crippen molar-refractivity contribution in [1.82, 2.24) is 5.32 Å². The summed E-state index contributed by atoms with van der Waals surface area (Å²) in [7, 11) is 3.36. The second kappa shape index (κ2) is 5.92. The first-order chi connectivity index (χ1) is 8.35. The summed E-state index contributed by atoms with van der Waals surface area (Å²) in [5.41, 5.74) is 1.34. The van der Waals surface area contributed by atoms with Crippen LogP contribution in [0.25, 0.3) is 0 Å². The smallest absolute Gasteiger partial charge is 0.160 e. The number of nitrogens with one attached hydrogen (secondary N) is 1. The number of methoxy groups -OCH3 is 2. The second-order valence-corrected chi connectivity index (χ2v) is 4.51. The summed E-state index contributed by atoms with van der Waals surface area (Å²) in [5, 5.41) is 3.49. The first kappa shape index (κ1) is 12.2. The molecule has 0 radical (unpaired) electrons. The van der Waals surface area contributed by atoms with Gasteiger partial charge in [0, 0.05) is 6.54 Å². The van der Waals surface area contributed by atoms with Gasteiger partial charge in [-0.1, -0.05) is 12.5 Å². The van der Waals surface area contributed by atoms with Gasteiger partial charge in [0.05, 0.1) is 14.2 Å². The summed E-state index contributed by atoms with van der Waals surface area (Å²) in [6, 6.07) is 6.26. The van der Waals surface area contributed by atoms with E-state index in [0.29, 0.717) is 5.92 Å². The molecule has 1 aliphatic heterocycles. The van der Waals surface area contributed by atoms with Crippen molar-refractivity contribution in [2.75, 3.05) is 27.3 Å². The third-order valence-electron chi connectivity index (χ3n) is 3.43. The Hall–Kier alpha value is -1.22. The highest BCUT2D eigenvalue weighted by molar-refractivity contribution is 5.44. The molecule has 1 heterocycles. The topological polar surface area (TPSA) is 30.5 Å². The van der Waals surface area contributed by atoms with Gasteiger partial charge in [-0.3, -0.25) is 0 Å². The van der Waals surface area contributed by atoms with E-state index in [9.17, 15) is 0 Å². The molecule has 94 valence electrons. The molecule has 17 heavy (non-hydrogen) atoms. The first-order valence-corrected chi connectivity index (χ1v) is 6.28. The highest BCUT2D eigenvalue weighted by atomic mass is 16.5. The molecule has 2 rings (SSSR count). The molecule has 3 heteroatoms. The zero-order valence-corrected chi connectivity index (χ0v) is 10.7. The number of rotatable bonds is 3. The molecule has 1 aromatic rings. The molecule has 1 atom stereocenters. The summed E-state index contributed by atoms with van der Waals surface area (Å²) >= 11 is 0. The lowest BCUT2D eigenvalue weighted by atomic mass is 9.94. The summed E-state index contributed by atoms with van der Waals surface area (Å²) in [6.07, 6.45) is 3.83. The van der Waals surface area contributed by atoms with E-state index in [-0.39, 0.29) is 0 Å². The Balaban J connectivity index is 2.19. The Bertz CT molecular complexity index is 357. The Labute approximate surface area is 103 Å². The fraction of sp³-hybridized carbons (Fsp3) is 0.571. The summed E-state index contributed by atoms with van der Waals surface area (Å²) < 4.78 is 10.6. The van der Waals surface area contributed by atoms with Gasteiger partial charge in [-0.15, -0.1) is 0 Å². The van der Waals surface area contributed by atoms with Gasteiger partial charge in [0.25, 0.3) is 0 Å². The van der Waals surface area contributed by atoms with E-state index in [2.05, 4.69) is 17.4 Å². The fourth-order valence-corrected chi connectivity index (χ4v) is 2.41. The molecule has 1 aromatic carbocycles. The summed E-state index contributed by atoms with van der Waals surface area (Å²) in [5.74, 6) is 2.23. The molecule has 0 amide bonds. The van der Waals surface area contributed by atoms with E-state index in [0.717, 1.165) is 24.6 Å². The van der Waals surface area contributed by atoms with Crippen LogP contribution in [0.4, 0.5) is 0 Å².